The maximum atomic E-state index is 11.5. The topological polar surface area (TPSA) is 68.0 Å². The molecular formula is C18H17N3O. The van der Waals surface area contributed by atoms with E-state index in [1.165, 1.54) is 0 Å². The third-order valence-electron chi connectivity index (χ3n) is 3.63. The number of nitrogens with two attached hydrogens (primary N) is 1. The van der Waals surface area contributed by atoms with Gasteiger partial charge in [-0.25, -0.2) is 0 Å². The van der Waals surface area contributed by atoms with Crippen LogP contribution in [0, 0.1) is 0 Å². The number of pyridine rings is 1. The summed E-state index contributed by atoms with van der Waals surface area (Å²) in [6, 6.07) is 17.4. The van der Waals surface area contributed by atoms with Gasteiger partial charge in [-0.2, -0.15) is 0 Å². The maximum absolute atomic E-state index is 11.5. The highest BCUT2D eigenvalue weighted by Gasteiger charge is 2.09. The monoisotopic (exact) mass is 291 g/mol. The Labute approximate surface area is 129 Å². The average molecular weight is 291 g/mol. The number of fused-ring (bicyclic) bond motifs is 1. The van der Waals surface area contributed by atoms with Crippen LogP contribution in [0.25, 0.3) is 10.8 Å². The first-order chi connectivity index (χ1) is 10.8. The zero-order chi connectivity index (χ0) is 15.4. The van der Waals surface area contributed by atoms with Gasteiger partial charge in [-0.15, -0.1) is 0 Å². The van der Waals surface area contributed by atoms with E-state index in [2.05, 4.69) is 10.3 Å². The third kappa shape index (κ3) is 2.97. The Hall–Kier alpha value is -2.72. The zero-order valence-electron chi connectivity index (χ0n) is 12.1. The Kier molecular flexibility index (Phi) is 4.12. The summed E-state index contributed by atoms with van der Waals surface area (Å²) >= 11 is 0. The van der Waals surface area contributed by atoms with E-state index in [9.17, 15) is 4.79 Å². The minimum atomic E-state index is -0.399. The molecule has 1 amide bonds. The van der Waals surface area contributed by atoms with Crippen LogP contribution in [0.2, 0.25) is 0 Å². The van der Waals surface area contributed by atoms with Crippen LogP contribution in [0.4, 0.5) is 0 Å². The molecule has 0 saturated carbocycles. The van der Waals surface area contributed by atoms with Gasteiger partial charge in [0.1, 0.15) is 0 Å². The normalized spacial score (nSPS) is 10.7. The highest BCUT2D eigenvalue weighted by atomic mass is 16.1. The van der Waals surface area contributed by atoms with Crippen molar-refractivity contribution in [2.45, 2.75) is 13.1 Å². The van der Waals surface area contributed by atoms with Gasteiger partial charge in [0.25, 0.3) is 0 Å². The minimum Gasteiger partial charge on any atom is -0.366 e. The quantitative estimate of drug-likeness (QED) is 0.759. The number of carbonyl (C=O) groups excluding carboxylic acids is 1. The predicted molar refractivity (Wildman–Crippen MR) is 87.2 cm³/mol. The molecule has 3 aromatic rings. The van der Waals surface area contributed by atoms with E-state index in [1.54, 1.807) is 12.3 Å². The SMILES string of the molecule is NC(=O)c1ccc(CNCc2ccccn2)c2ccccc12. The lowest BCUT2D eigenvalue weighted by atomic mass is 9.99. The van der Waals surface area contributed by atoms with Crippen molar-refractivity contribution in [3.05, 3.63) is 77.6 Å². The Morgan fingerprint density at radius 1 is 0.955 bits per heavy atom. The molecule has 4 heteroatoms. The molecule has 110 valence electrons. The van der Waals surface area contributed by atoms with E-state index in [1.807, 2.05) is 48.5 Å². The van der Waals surface area contributed by atoms with Crippen LogP contribution >= 0.6 is 0 Å². The molecule has 4 nitrogen and oxygen atoms in total. The lowest BCUT2D eigenvalue weighted by Gasteiger charge is -2.10. The molecule has 0 aliphatic heterocycles. The number of aromatic nitrogens is 1. The van der Waals surface area contributed by atoms with Crippen molar-refractivity contribution < 1.29 is 4.79 Å². The molecule has 0 saturated heterocycles. The first-order valence-electron chi connectivity index (χ1n) is 7.17. The summed E-state index contributed by atoms with van der Waals surface area (Å²) < 4.78 is 0. The standard InChI is InChI=1S/C18H17N3O/c19-18(22)17-9-8-13(15-6-1-2-7-16(15)17)11-20-12-14-5-3-4-10-21-14/h1-10,20H,11-12H2,(H2,19,22). The number of hydrogen-bond donors (Lipinski definition) is 2. The number of carbonyl (C=O) groups is 1. The number of amides is 1. The predicted octanol–water partition coefficient (Wildman–Crippen LogP) is 2.62. The van der Waals surface area contributed by atoms with Crippen LogP contribution in [0.15, 0.2) is 60.8 Å². The van der Waals surface area contributed by atoms with Crippen molar-refractivity contribution in [1.29, 1.82) is 0 Å². The Bertz CT molecular complexity index is 800. The lowest BCUT2D eigenvalue weighted by Crippen LogP contribution is -2.15. The van der Waals surface area contributed by atoms with Gasteiger partial charge < -0.3 is 11.1 Å². The van der Waals surface area contributed by atoms with E-state index in [4.69, 9.17) is 5.73 Å². The van der Waals surface area contributed by atoms with Gasteiger partial charge in [0.2, 0.25) is 5.91 Å². The third-order valence-corrected chi connectivity index (χ3v) is 3.63. The van der Waals surface area contributed by atoms with Crippen LogP contribution in [0.3, 0.4) is 0 Å². The number of nitrogens with one attached hydrogen (secondary N) is 1. The van der Waals surface area contributed by atoms with Crippen LogP contribution in [0.5, 0.6) is 0 Å². The van der Waals surface area contributed by atoms with E-state index >= 15 is 0 Å². The van der Waals surface area contributed by atoms with Gasteiger partial charge in [0, 0.05) is 24.8 Å². The summed E-state index contributed by atoms with van der Waals surface area (Å²) in [6.45, 7) is 1.41. The molecule has 1 aromatic heterocycles. The minimum absolute atomic E-state index is 0.399. The van der Waals surface area contributed by atoms with Gasteiger partial charge in [-0.05, 0) is 34.5 Å². The van der Waals surface area contributed by atoms with E-state index in [0.29, 0.717) is 18.7 Å². The van der Waals surface area contributed by atoms with E-state index in [-0.39, 0.29) is 0 Å². The number of benzene rings is 2. The smallest absolute Gasteiger partial charge is 0.249 e. The Morgan fingerprint density at radius 3 is 2.45 bits per heavy atom. The number of primary amides is 1. The summed E-state index contributed by atoms with van der Waals surface area (Å²) in [4.78, 5) is 15.8. The van der Waals surface area contributed by atoms with Gasteiger partial charge >= 0.3 is 0 Å². The van der Waals surface area contributed by atoms with Gasteiger partial charge in [-0.1, -0.05) is 36.4 Å². The molecule has 0 aliphatic rings. The van der Waals surface area contributed by atoms with E-state index in [0.717, 1.165) is 22.0 Å². The van der Waals surface area contributed by atoms with Crippen molar-refractivity contribution >= 4 is 16.7 Å². The molecular weight excluding hydrogens is 274 g/mol. The molecule has 22 heavy (non-hydrogen) atoms. The van der Waals surface area contributed by atoms with Crippen molar-refractivity contribution in [3.8, 4) is 0 Å². The lowest BCUT2D eigenvalue weighted by molar-refractivity contribution is 0.100. The summed E-state index contributed by atoms with van der Waals surface area (Å²) in [5.74, 6) is -0.399. The summed E-state index contributed by atoms with van der Waals surface area (Å²) in [7, 11) is 0. The fraction of sp³-hybridized carbons (Fsp3) is 0.111. The average Bonchev–Trinajstić information content (AvgIpc) is 2.55. The van der Waals surface area contributed by atoms with Crippen molar-refractivity contribution in [1.82, 2.24) is 10.3 Å². The summed E-state index contributed by atoms with van der Waals surface area (Å²) in [5.41, 5.74) is 8.14. The molecule has 0 bridgehead atoms. The molecule has 0 spiro atoms. The first kappa shape index (κ1) is 14.2. The van der Waals surface area contributed by atoms with Crippen molar-refractivity contribution in [2.24, 2.45) is 5.73 Å². The zero-order valence-corrected chi connectivity index (χ0v) is 12.1. The van der Waals surface area contributed by atoms with Crippen LogP contribution in [-0.4, -0.2) is 10.9 Å². The summed E-state index contributed by atoms with van der Waals surface area (Å²) in [5, 5.41) is 5.32. The fourth-order valence-corrected chi connectivity index (χ4v) is 2.56. The van der Waals surface area contributed by atoms with Gasteiger partial charge in [-0.3, -0.25) is 9.78 Å². The molecule has 0 radical (unpaired) electrons. The molecule has 0 aliphatic carbocycles. The fourth-order valence-electron chi connectivity index (χ4n) is 2.56. The van der Waals surface area contributed by atoms with Gasteiger partial charge in [0.05, 0.1) is 5.69 Å². The van der Waals surface area contributed by atoms with Crippen molar-refractivity contribution in [2.75, 3.05) is 0 Å². The molecule has 0 fully saturated rings. The van der Waals surface area contributed by atoms with E-state index < -0.39 is 5.91 Å². The molecule has 0 atom stereocenters. The highest BCUT2D eigenvalue weighted by Crippen LogP contribution is 2.22. The Balaban J connectivity index is 1.82. The van der Waals surface area contributed by atoms with Crippen LogP contribution < -0.4 is 11.1 Å². The van der Waals surface area contributed by atoms with Crippen molar-refractivity contribution in [3.63, 3.8) is 0 Å². The highest BCUT2D eigenvalue weighted by molar-refractivity contribution is 6.07. The maximum Gasteiger partial charge on any atom is 0.249 e. The molecule has 1 heterocycles. The molecule has 2 aromatic carbocycles. The van der Waals surface area contributed by atoms with Crippen LogP contribution in [-0.2, 0) is 13.1 Å². The first-order valence-corrected chi connectivity index (χ1v) is 7.17. The molecule has 3 N–H and O–H groups in total. The number of nitrogens with zero attached hydrogens (tertiary/aromatic N) is 1. The molecule has 3 rings (SSSR count). The number of hydrogen-bond acceptors (Lipinski definition) is 3. The second-order valence-corrected chi connectivity index (χ2v) is 5.11. The summed E-state index contributed by atoms with van der Waals surface area (Å²) in [6.07, 6.45) is 1.79. The van der Waals surface area contributed by atoms with Gasteiger partial charge in [0.15, 0.2) is 0 Å². The Morgan fingerprint density at radius 2 is 1.73 bits per heavy atom. The second-order valence-electron chi connectivity index (χ2n) is 5.11. The molecule has 0 unspecified atom stereocenters. The number of rotatable bonds is 5. The second kappa shape index (κ2) is 6.37. The largest absolute Gasteiger partial charge is 0.366 e. The van der Waals surface area contributed by atoms with Crippen LogP contribution in [0.1, 0.15) is 21.6 Å².